The first kappa shape index (κ1) is 16.0. The maximum atomic E-state index is 13.0. The number of rotatable bonds is 3. The third-order valence-corrected chi connectivity index (χ3v) is 3.99. The van der Waals surface area contributed by atoms with Gasteiger partial charge in [0.05, 0.1) is 13.2 Å². The lowest BCUT2D eigenvalue weighted by Gasteiger charge is -2.28. The lowest BCUT2D eigenvalue weighted by atomic mass is 9.86. The van der Waals surface area contributed by atoms with Gasteiger partial charge in [-0.05, 0) is 6.42 Å². The highest BCUT2D eigenvalue weighted by Crippen LogP contribution is 2.45. The number of carboxylic acid groups (broad SMARTS) is 1. The van der Waals surface area contributed by atoms with Crippen LogP contribution >= 0.6 is 0 Å². The number of amides is 1. The van der Waals surface area contributed by atoms with Crippen molar-refractivity contribution in [2.24, 2.45) is 5.41 Å². The Labute approximate surface area is 119 Å². The van der Waals surface area contributed by atoms with E-state index in [0.717, 1.165) is 4.90 Å². The molecule has 2 rings (SSSR count). The van der Waals surface area contributed by atoms with Gasteiger partial charge in [0, 0.05) is 32.1 Å². The fourth-order valence-corrected chi connectivity index (χ4v) is 2.64. The van der Waals surface area contributed by atoms with Gasteiger partial charge >= 0.3 is 12.1 Å². The van der Waals surface area contributed by atoms with Crippen LogP contribution < -0.4 is 5.32 Å². The molecule has 9 heteroatoms. The minimum Gasteiger partial charge on any atom is -0.481 e. The molecule has 0 aromatic carbocycles. The molecule has 0 bridgehead atoms. The van der Waals surface area contributed by atoms with Crippen LogP contribution in [-0.4, -0.2) is 66.9 Å². The molecule has 0 spiro atoms. The van der Waals surface area contributed by atoms with Crippen molar-refractivity contribution in [2.45, 2.75) is 25.1 Å². The molecule has 0 aromatic heterocycles. The van der Waals surface area contributed by atoms with E-state index in [2.05, 4.69) is 5.32 Å². The largest absolute Gasteiger partial charge is 0.481 e. The Hall–Kier alpha value is -1.35. The molecule has 2 unspecified atom stereocenters. The zero-order valence-electron chi connectivity index (χ0n) is 11.3. The van der Waals surface area contributed by atoms with E-state index in [1.165, 1.54) is 0 Å². The Morgan fingerprint density at radius 1 is 1.43 bits per heavy atom. The molecular formula is C12H17F3N2O4. The molecule has 0 radical (unpaired) electrons. The van der Waals surface area contributed by atoms with Gasteiger partial charge < -0.3 is 20.1 Å². The topological polar surface area (TPSA) is 78.9 Å². The quantitative estimate of drug-likeness (QED) is 0.780. The number of carbonyl (C=O) groups excluding carboxylic acids is 1. The predicted molar refractivity (Wildman–Crippen MR) is 64.5 cm³/mol. The van der Waals surface area contributed by atoms with Crippen LogP contribution in [0.15, 0.2) is 0 Å². The third kappa shape index (κ3) is 3.13. The van der Waals surface area contributed by atoms with Crippen molar-refractivity contribution < 1.29 is 32.6 Å². The predicted octanol–water partition coefficient (Wildman–Crippen LogP) is 0.230. The van der Waals surface area contributed by atoms with E-state index in [-0.39, 0.29) is 19.0 Å². The number of hydrogen-bond acceptors (Lipinski definition) is 4. The Morgan fingerprint density at radius 2 is 2.14 bits per heavy atom. The van der Waals surface area contributed by atoms with Crippen molar-refractivity contribution in [1.29, 1.82) is 0 Å². The number of nitrogens with one attached hydrogen (secondary N) is 1. The number of halogens is 3. The van der Waals surface area contributed by atoms with E-state index in [9.17, 15) is 22.8 Å². The van der Waals surface area contributed by atoms with Gasteiger partial charge in [-0.25, -0.2) is 0 Å². The average Bonchev–Trinajstić information content (AvgIpc) is 2.86. The smallest absolute Gasteiger partial charge is 0.406 e. The molecule has 2 atom stereocenters. The van der Waals surface area contributed by atoms with Gasteiger partial charge in [-0.1, -0.05) is 0 Å². The van der Waals surface area contributed by atoms with Crippen LogP contribution in [0.1, 0.15) is 12.8 Å². The first-order valence-corrected chi connectivity index (χ1v) is 6.65. The van der Waals surface area contributed by atoms with Gasteiger partial charge in [0.25, 0.3) is 0 Å². The minimum absolute atomic E-state index is 0.00750. The second-order valence-corrected chi connectivity index (χ2v) is 5.38. The maximum absolute atomic E-state index is 13.0. The Kier molecular flexibility index (Phi) is 4.43. The van der Waals surface area contributed by atoms with Crippen LogP contribution in [0.2, 0.25) is 0 Å². The summed E-state index contributed by atoms with van der Waals surface area (Å²) < 4.78 is 44.2. The fourth-order valence-electron chi connectivity index (χ4n) is 2.64. The Morgan fingerprint density at radius 3 is 2.62 bits per heavy atom. The van der Waals surface area contributed by atoms with Gasteiger partial charge in [0.2, 0.25) is 5.91 Å². The number of hydrogen-bond donors (Lipinski definition) is 2. The first-order chi connectivity index (χ1) is 9.76. The summed E-state index contributed by atoms with van der Waals surface area (Å²) in [5, 5.41) is 12.0. The van der Waals surface area contributed by atoms with Crippen LogP contribution in [0.25, 0.3) is 0 Å². The summed E-state index contributed by atoms with van der Waals surface area (Å²) in [4.78, 5) is 24.0. The molecule has 2 heterocycles. The van der Waals surface area contributed by atoms with E-state index < -0.39 is 36.4 Å². The number of carbonyl (C=O) groups is 2. The molecule has 6 nitrogen and oxygen atoms in total. The highest BCUT2D eigenvalue weighted by atomic mass is 19.4. The summed E-state index contributed by atoms with van der Waals surface area (Å²) in [6.45, 7) is 0.420. The van der Waals surface area contributed by atoms with Crippen molar-refractivity contribution in [3.8, 4) is 0 Å². The van der Waals surface area contributed by atoms with Crippen molar-refractivity contribution in [3.63, 3.8) is 0 Å². The number of aliphatic carboxylic acids is 1. The zero-order chi connectivity index (χ0) is 15.7. The molecule has 2 aliphatic heterocycles. The first-order valence-electron chi connectivity index (χ1n) is 6.65. The van der Waals surface area contributed by atoms with E-state index >= 15 is 0 Å². The molecular weight excluding hydrogens is 293 g/mol. The molecule has 1 amide bonds. The highest BCUT2D eigenvalue weighted by Gasteiger charge is 2.64. The lowest BCUT2D eigenvalue weighted by Crippen LogP contribution is -2.49. The van der Waals surface area contributed by atoms with Crippen molar-refractivity contribution >= 4 is 11.9 Å². The summed E-state index contributed by atoms with van der Waals surface area (Å²) in [5.74, 6) is -2.41. The number of alkyl halides is 3. The summed E-state index contributed by atoms with van der Waals surface area (Å²) in [6, 6.07) is -0.239. The second-order valence-electron chi connectivity index (χ2n) is 5.38. The van der Waals surface area contributed by atoms with Gasteiger partial charge in [-0.2, -0.15) is 13.2 Å². The van der Waals surface area contributed by atoms with Crippen LogP contribution in [0, 0.1) is 5.41 Å². The molecule has 21 heavy (non-hydrogen) atoms. The van der Waals surface area contributed by atoms with Gasteiger partial charge in [0.1, 0.15) is 0 Å². The van der Waals surface area contributed by atoms with E-state index in [1.54, 1.807) is 0 Å². The summed E-state index contributed by atoms with van der Waals surface area (Å²) in [7, 11) is 0. The van der Waals surface area contributed by atoms with Gasteiger partial charge in [0.15, 0.2) is 5.41 Å². The Bertz CT molecular complexity index is 423. The van der Waals surface area contributed by atoms with E-state index in [1.807, 2.05) is 0 Å². The third-order valence-electron chi connectivity index (χ3n) is 3.99. The minimum atomic E-state index is -4.87. The van der Waals surface area contributed by atoms with Gasteiger partial charge in [-0.3, -0.25) is 9.59 Å². The fraction of sp³-hybridized carbons (Fsp3) is 0.833. The van der Waals surface area contributed by atoms with E-state index in [4.69, 9.17) is 9.84 Å². The Balaban J connectivity index is 2.00. The SMILES string of the molecule is O=C(CC1COCCN1)N1CCC(C(=O)O)(C(F)(F)F)C1. The van der Waals surface area contributed by atoms with Crippen LogP contribution in [0.3, 0.4) is 0 Å². The molecule has 120 valence electrons. The van der Waals surface area contributed by atoms with Crippen molar-refractivity contribution in [1.82, 2.24) is 10.2 Å². The monoisotopic (exact) mass is 310 g/mol. The van der Waals surface area contributed by atoms with Crippen LogP contribution in [0.5, 0.6) is 0 Å². The van der Waals surface area contributed by atoms with Crippen molar-refractivity contribution in [3.05, 3.63) is 0 Å². The summed E-state index contributed by atoms with van der Waals surface area (Å²) in [6.07, 6.45) is -5.47. The van der Waals surface area contributed by atoms with Crippen molar-refractivity contribution in [2.75, 3.05) is 32.8 Å². The standard InChI is InChI=1S/C12H17F3N2O4/c13-12(14,15)11(10(19)20)1-3-17(7-11)9(18)5-8-6-21-4-2-16-8/h8,16H,1-7H2,(H,19,20). The molecule has 0 saturated carbocycles. The number of carboxylic acids is 1. The molecule has 2 aliphatic rings. The molecule has 2 fully saturated rings. The molecule has 0 aromatic rings. The molecule has 0 aliphatic carbocycles. The average molecular weight is 310 g/mol. The van der Waals surface area contributed by atoms with E-state index in [0.29, 0.717) is 19.8 Å². The van der Waals surface area contributed by atoms with Crippen LogP contribution in [-0.2, 0) is 14.3 Å². The van der Waals surface area contributed by atoms with Gasteiger partial charge in [-0.15, -0.1) is 0 Å². The molecule has 2 N–H and O–H groups in total. The lowest BCUT2D eigenvalue weighted by molar-refractivity contribution is -0.227. The summed E-state index contributed by atoms with van der Waals surface area (Å²) >= 11 is 0. The van der Waals surface area contributed by atoms with Crippen LogP contribution in [0.4, 0.5) is 13.2 Å². The number of nitrogens with zero attached hydrogens (tertiary/aromatic N) is 1. The highest BCUT2D eigenvalue weighted by molar-refractivity contribution is 5.81. The summed E-state index contributed by atoms with van der Waals surface area (Å²) in [5.41, 5.74) is -2.85. The second kappa shape index (κ2) is 5.80. The number of ether oxygens (including phenoxy) is 1. The zero-order valence-corrected chi connectivity index (χ0v) is 11.3. The number of morpholine rings is 1. The maximum Gasteiger partial charge on any atom is 0.406 e. The normalized spacial score (nSPS) is 30.4. The molecule has 2 saturated heterocycles. The number of likely N-dealkylation sites (tertiary alicyclic amines) is 1.